The zero-order valence-electron chi connectivity index (χ0n) is 11.0. The van der Waals surface area contributed by atoms with E-state index in [-0.39, 0.29) is 5.91 Å². The van der Waals surface area contributed by atoms with Crippen LogP contribution in [0.1, 0.15) is 17.5 Å². The fraction of sp³-hybridized carbons (Fsp3) is 0.286. The van der Waals surface area contributed by atoms with Gasteiger partial charge in [-0.15, -0.1) is 0 Å². The van der Waals surface area contributed by atoms with Gasteiger partial charge < -0.3 is 5.32 Å². The van der Waals surface area contributed by atoms with Gasteiger partial charge >= 0.3 is 0 Å². The summed E-state index contributed by atoms with van der Waals surface area (Å²) in [6, 6.07) is 5.47. The Morgan fingerprint density at radius 1 is 1.42 bits per heavy atom. The summed E-state index contributed by atoms with van der Waals surface area (Å²) in [5, 5.41) is 7.66. The van der Waals surface area contributed by atoms with Crippen molar-refractivity contribution in [3.63, 3.8) is 0 Å². The molecule has 19 heavy (non-hydrogen) atoms. The summed E-state index contributed by atoms with van der Waals surface area (Å²) < 4.78 is 1.76. The van der Waals surface area contributed by atoms with Crippen LogP contribution in [-0.4, -0.2) is 15.7 Å². The molecule has 1 aromatic heterocycles. The quantitative estimate of drug-likeness (QED) is 0.933. The summed E-state index contributed by atoms with van der Waals surface area (Å²) in [5.74, 6) is -0.0430. The van der Waals surface area contributed by atoms with Crippen molar-refractivity contribution in [3.8, 4) is 0 Å². The number of hydrogen-bond acceptors (Lipinski definition) is 2. The molecule has 100 valence electrons. The number of carbonyl (C=O) groups excluding carboxylic acids is 1. The minimum atomic E-state index is -0.0430. The molecule has 1 heterocycles. The van der Waals surface area contributed by atoms with Crippen molar-refractivity contribution in [2.75, 3.05) is 5.32 Å². The van der Waals surface area contributed by atoms with Crippen molar-refractivity contribution >= 4 is 23.2 Å². The second-order valence-electron chi connectivity index (χ2n) is 4.49. The van der Waals surface area contributed by atoms with Crippen LogP contribution in [0.15, 0.2) is 30.6 Å². The number of halogens is 1. The van der Waals surface area contributed by atoms with Gasteiger partial charge in [-0.2, -0.15) is 5.10 Å². The van der Waals surface area contributed by atoms with E-state index in [0.717, 1.165) is 16.8 Å². The molecule has 0 aliphatic carbocycles. The molecule has 2 rings (SSSR count). The lowest BCUT2D eigenvalue weighted by Crippen LogP contribution is -2.15. The molecule has 1 N–H and O–H groups in total. The highest BCUT2D eigenvalue weighted by atomic mass is 35.5. The largest absolute Gasteiger partial charge is 0.326 e. The molecule has 0 aliphatic heterocycles. The predicted molar refractivity (Wildman–Crippen MR) is 76.4 cm³/mol. The molecule has 5 heteroatoms. The highest BCUT2D eigenvalue weighted by molar-refractivity contribution is 6.31. The fourth-order valence-corrected chi connectivity index (χ4v) is 1.94. The average molecular weight is 278 g/mol. The van der Waals surface area contributed by atoms with Gasteiger partial charge in [-0.3, -0.25) is 9.48 Å². The van der Waals surface area contributed by atoms with E-state index in [9.17, 15) is 4.79 Å². The summed E-state index contributed by atoms with van der Waals surface area (Å²) in [6.07, 6.45) is 4.07. The number of amides is 1. The minimum Gasteiger partial charge on any atom is -0.326 e. The highest BCUT2D eigenvalue weighted by Crippen LogP contribution is 2.22. The molecule has 0 bridgehead atoms. The molecule has 1 aromatic carbocycles. The Bertz CT molecular complexity index is 592. The number of benzene rings is 1. The molecule has 0 aliphatic rings. The van der Waals surface area contributed by atoms with Gasteiger partial charge in [0.05, 0.1) is 6.20 Å². The lowest BCUT2D eigenvalue weighted by Gasteiger charge is -2.09. The Labute approximate surface area is 117 Å². The standard InChI is InChI=1S/C14H16ClN3O/c1-10-8-16-18(9-10)7-6-14(19)17-13-5-3-4-12(15)11(13)2/h3-5,8-9H,6-7H2,1-2H3,(H,17,19). The summed E-state index contributed by atoms with van der Waals surface area (Å²) >= 11 is 6.01. The molecule has 2 aromatic rings. The maximum absolute atomic E-state index is 11.9. The van der Waals surface area contributed by atoms with Gasteiger partial charge in [-0.1, -0.05) is 17.7 Å². The van der Waals surface area contributed by atoms with E-state index >= 15 is 0 Å². The van der Waals surface area contributed by atoms with Crippen LogP contribution in [-0.2, 0) is 11.3 Å². The number of anilines is 1. The first kappa shape index (κ1) is 13.6. The van der Waals surface area contributed by atoms with Gasteiger partial charge in [0.1, 0.15) is 0 Å². The number of nitrogens with zero attached hydrogens (tertiary/aromatic N) is 2. The number of rotatable bonds is 4. The van der Waals surface area contributed by atoms with E-state index in [0.29, 0.717) is 18.0 Å². The van der Waals surface area contributed by atoms with E-state index in [1.807, 2.05) is 32.2 Å². The molecule has 0 spiro atoms. The Hall–Kier alpha value is -1.81. The van der Waals surface area contributed by atoms with E-state index in [2.05, 4.69) is 10.4 Å². The third kappa shape index (κ3) is 3.58. The maximum Gasteiger partial charge on any atom is 0.226 e. The van der Waals surface area contributed by atoms with Crippen LogP contribution >= 0.6 is 11.6 Å². The Kier molecular flexibility index (Phi) is 4.22. The third-order valence-corrected chi connectivity index (χ3v) is 3.28. The van der Waals surface area contributed by atoms with Crippen LogP contribution in [0.4, 0.5) is 5.69 Å². The van der Waals surface area contributed by atoms with Crippen LogP contribution < -0.4 is 5.32 Å². The van der Waals surface area contributed by atoms with Crippen LogP contribution in [0.2, 0.25) is 5.02 Å². The van der Waals surface area contributed by atoms with Gasteiger partial charge in [-0.25, -0.2) is 0 Å². The third-order valence-electron chi connectivity index (χ3n) is 2.87. The molecule has 1 amide bonds. The van der Waals surface area contributed by atoms with Crippen LogP contribution in [0.3, 0.4) is 0 Å². The number of hydrogen-bond donors (Lipinski definition) is 1. The van der Waals surface area contributed by atoms with Crippen LogP contribution in [0.5, 0.6) is 0 Å². The van der Waals surface area contributed by atoms with Crippen molar-refractivity contribution < 1.29 is 4.79 Å². The molecule has 0 atom stereocenters. The van der Waals surface area contributed by atoms with Crippen LogP contribution in [0, 0.1) is 13.8 Å². The highest BCUT2D eigenvalue weighted by Gasteiger charge is 2.07. The molecule has 0 saturated carbocycles. The van der Waals surface area contributed by atoms with Crippen LogP contribution in [0.25, 0.3) is 0 Å². The molecule has 4 nitrogen and oxygen atoms in total. The zero-order chi connectivity index (χ0) is 13.8. The number of nitrogens with one attached hydrogen (secondary N) is 1. The number of aromatic nitrogens is 2. The number of carbonyl (C=O) groups is 1. The number of aryl methyl sites for hydroxylation is 2. The molecular formula is C14H16ClN3O. The summed E-state index contributed by atoms with van der Waals surface area (Å²) in [4.78, 5) is 11.9. The SMILES string of the molecule is Cc1cnn(CCC(=O)Nc2cccc(Cl)c2C)c1. The average Bonchev–Trinajstić information content (AvgIpc) is 2.78. The molecule has 0 saturated heterocycles. The van der Waals surface area contributed by atoms with Crippen molar-refractivity contribution in [1.82, 2.24) is 9.78 Å². The van der Waals surface area contributed by atoms with Gasteiger partial charge in [0.2, 0.25) is 5.91 Å². The van der Waals surface area contributed by atoms with Gasteiger partial charge in [0.25, 0.3) is 0 Å². The Balaban J connectivity index is 1.92. The molecule has 0 fully saturated rings. The monoisotopic (exact) mass is 277 g/mol. The van der Waals surface area contributed by atoms with E-state index < -0.39 is 0 Å². The van der Waals surface area contributed by atoms with E-state index in [1.165, 1.54) is 0 Å². The zero-order valence-corrected chi connectivity index (χ0v) is 11.7. The predicted octanol–water partition coefficient (Wildman–Crippen LogP) is 3.18. The smallest absolute Gasteiger partial charge is 0.226 e. The lowest BCUT2D eigenvalue weighted by atomic mass is 10.2. The topological polar surface area (TPSA) is 46.9 Å². The second kappa shape index (κ2) is 5.89. The van der Waals surface area contributed by atoms with E-state index in [4.69, 9.17) is 11.6 Å². The van der Waals surface area contributed by atoms with Crippen molar-refractivity contribution in [3.05, 3.63) is 46.7 Å². The summed E-state index contributed by atoms with van der Waals surface area (Å²) in [7, 11) is 0. The van der Waals surface area contributed by atoms with Gasteiger partial charge in [0.15, 0.2) is 0 Å². The molecule has 0 radical (unpaired) electrons. The summed E-state index contributed by atoms with van der Waals surface area (Å²) in [5.41, 5.74) is 2.73. The first-order valence-electron chi connectivity index (χ1n) is 6.10. The maximum atomic E-state index is 11.9. The first-order valence-corrected chi connectivity index (χ1v) is 6.48. The molecule has 0 unspecified atom stereocenters. The van der Waals surface area contributed by atoms with Crippen molar-refractivity contribution in [2.24, 2.45) is 0 Å². The van der Waals surface area contributed by atoms with E-state index in [1.54, 1.807) is 16.9 Å². The van der Waals surface area contributed by atoms with Crippen molar-refractivity contribution in [2.45, 2.75) is 26.8 Å². The Morgan fingerprint density at radius 2 is 2.21 bits per heavy atom. The molecular weight excluding hydrogens is 262 g/mol. The van der Waals surface area contributed by atoms with Gasteiger partial charge in [-0.05, 0) is 37.1 Å². The normalized spacial score (nSPS) is 10.5. The fourth-order valence-electron chi connectivity index (χ4n) is 1.76. The summed E-state index contributed by atoms with van der Waals surface area (Å²) in [6.45, 7) is 4.42. The Morgan fingerprint density at radius 3 is 2.89 bits per heavy atom. The van der Waals surface area contributed by atoms with Crippen molar-refractivity contribution in [1.29, 1.82) is 0 Å². The van der Waals surface area contributed by atoms with Gasteiger partial charge in [0, 0.05) is 29.9 Å². The lowest BCUT2D eigenvalue weighted by molar-refractivity contribution is -0.116. The first-order chi connectivity index (χ1) is 9.06. The minimum absolute atomic E-state index is 0.0430. The second-order valence-corrected chi connectivity index (χ2v) is 4.90.